The number of hydrogen-bond donors (Lipinski definition) is 1. The maximum atomic E-state index is 6.06. The zero-order valence-electron chi connectivity index (χ0n) is 13.1. The van der Waals surface area contributed by atoms with Crippen LogP contribution in [0.1, 0.15) is 39.0 Å². The predicted octanol–water partition coefficient (Wildman–Crippen LogP) is 1.64. The Kier molecular flexibility index (Phi) is 4.65. The summed E-state index contributed by atoms with van der Waals surface area (Å²) in [6.07, 6.45) is 6.15. The van der Waals surface area contributed by atoms with Crippen molar-refractivity contribution in [3.05, 3.63) is 0 Å². The number of ether oxygens (including phenoxy) is 2. The lowest BCUT2D eigenvalue weighted by molar-refractivity contribution is -0.109. The van der Waals surface area contributed by atoms with Gasteiger partial charge in [0.2, 0.25) is 0 Å². The van der Waals surface area contributed by atoms with Gasteiger partial charge < -0.3 is 19.7 Å². The molecule has 0 bridgehead atoms. The highest BCUT2D eigenvalue weighted by Crippen LogP contribution is 2.36. The monoisotopic (exact) mass is 282 g/mol. The number of likely N-dealkylation sites (tertiary alicyclic amines) is 1. The van der Waals surface area contributed by atoms with Gasteiger partial charge in [-0.05, 0) is 58.7 Å². The van der Waals surface area contributed by atoms with Crippen LogP contribution in [-0.2, 0) is 9.47 Å². The molecule has 116 valence electrons. The summed E-state index contributed by atoms with van der Waals surface area (Å²) in [6.45, 7) is 7.46. The molecule has 3 heterocycles. The topological polar surface area (TPSA) is 33.7 Å². The summed E-state index contributed by atoms with van der Waals surface area (Å²) in [4.78, 5) is 2.72. The molecule has 0 aromatic carbocycles. The highest BCUT2D eigenvalue weighted by atomic mass is 16.6. The molecule has 3 atom stereocenters. The van der Waals surface area contributed by atoms with Crippen molar-refractivity contribution in [2.75, 3.05) is 40.0 Å². The fourth-order valence-corrected chi connectivity index (χ4v) is 4.20. The van der Waals surface area contributed by atoms with Crippen LogP contribution < -0.4 is 5.32 Å². The molecule has 3 rings (SSSR count). The van der Waals surface area contributed by atoms with Crippen molar-refractivity contribution in [3.63, 3.8) is 0 Å². The molecule has 3 aliphatic rings. The Balaban J connectivity index is 1.52. The van der Waals surface area contributed by atoms with E-state index in [2.05, 4.69) is 24.2 Å². The smallest absolute Gasteiger partial charge is 0.0951 e. The lowest BCUT2D eigenvalue weighted by Gasteiger charge is -2.45. The van der Waals surface area contributed by atoms with Crippen molar-refractivity contribution < 1.29 is 9.47 Å². The lowest BCUT2D eigenvalue weighted by Crippen LogP contribution is -2.52. The molecule has 3 saturated heterocycles. The van der Waals surface area contributed by atoms with E-state index in [4.69, 9.17) is 9.47 Å². The van der Waals surface area contributed by atoms with Gasteiger partial charge >= 0.3 is 0 Å². The fraction of sp³-hybridized carbons (Fsp3) is 1.00. The van der Waals surface area contributed by atoms with Crippen molar-refractivity contribution in [1.29, 1.82) is 0 Å². The summed E-state index contributed by atoms with van der Waals surface area (Å²) < 4.78 is 11.6. The van der Waals surface area contributed by atoms with Crippen molar-refractivity contribution in [1.82, 2.24) is 10.2 Å². The average molecular weight is 282 g/mol. The molecule has 4 nitrogen and oxygen atoms in total. The molecule has 3 aliphatic heterocycles. The summed E-state index contributed by atoms with van der Waals surface area (Å²) in [6, 6.07) is 1.37. The normalized spacial score (nSPS) is 38.4. The van der Waals surface area contributed by atoms with Gasteiger partial charge in [0, 0.05) is 31.7 Å². The van der Waals surface area contributed by atoms with E-state index in [9.17, 15) is 0 Å². The van der Waals surface area contributed by atoms with Gasteiger partial charge in [0.25, 0.3) is 0 Å². The first-order valence-corrected chi connectivity index (χ1v) is 8.35. The Bertz CT molecular complexity index is 310. The SMILES string of the molecule is CNC(C)C1CCN(C2CCOC3(CCOC3)C2)CC1. The molecule has 20 heavy (non-hydrogen) atoms. The number of hydrogen-bond acceptors (Lipinski definition) is 4. The van der Waals surface area contributed by atoms with Crippen LogP contribution in [0, 0.1) is 5.92 Å². The second-order valence-electron chi connectivity index (χ2n) is 6.93. The molecule has 0 aromatic heterocycles. The molecular weight excluding hydrogens is 252 g/mol. The molecule has 3 unspecified atom stereocenters. The Morgan fingerprint density at radius 2 is 2.00 bits per heavy atom. The molecule has 0 aromatic rings. The fourth-order valence-electron chi connectivity index (χ4n) is 4.20. The second-order valence-corrected chi connectivity index (χ2v) is 6.93. The van der Waals surface area contributed by atoms with Gasteiger partial charge in [-0.15, -0.1) is 0 Å². The van der Waals surface area contributed by atoms with E-state index >= 15 is 0 Å². The first kappa shape index (κ1) is 14.8. The van der Waals surface area contributed by atoms with Crippen LogP contribution >= 0.6 is 0 Å². The zero-order valence-corrected chi connectivity index (χ0v) is 13.1. The van der Waals surface area contributed by atoms with Crippen molar-refractivity contribution >= 4 is 0 Å². The van der Waals surface area contributed by atoms with Gasteiger partial charge in [-0.2, -0.15) is 0 Å². The zero-order chi connectivity index (χ0) is 14.0. The number of nitrogens with one attached hydrogen (secondary N) is 1. The van der Waals surface area contributed by atoms with Crippen molar-refractivity contribution in [2.24, 2.45) is 5.92 Å². The number of nitrogens with zero attached hydrogens (tertiary/aromatic N) is 1. The summed E-state index contributed by atoms with van der Waals surface area (Å²) in [5.41, 5.74) is 0.0536. The third-order valence-corrected chi connectivity index (χ3v) is 5.79. The van der Waals surface area contributed by atoms with Gasteiger partial charge in [-0.25, -0.2) is 0 Å². The number of rotatable bonds is 3. The molecule has 4 heteroatoms. The standard InChI is InChI=1S/C16H30N2O2/c1-13(17-2)14-3-7-18(8-4-14)15-5-9-20-16(11-15)6-10-19-12-16/h13-15,17H,3-12H2,1-2H3. The Hall–Kier alpha value is -0.160. The third-order valence-electron chi connectivity index (χ3n) is 5.79. The molecule has 1 N–H and O–H groups in total. The largest absolute Gasteiger partial charge is 0.378 e. The summed E-state index contributed by atoms with van der Waals surface area (Å²) >= 11 is 0. The maximum Gasteiger partial charge on any atom is 0.0951 e. The van der Waals surface area contributed by atoms with Crippen LogP contribution in [0.2, 0.25) is 0 Å². The van der Waals surface area contributed by atoms with E-state index in [1.807, 2.05) is 0 Å². The van der Waals surface area contributed by atoms with E-state index in [1.54, 1.807) is 0 Å². The molecule has 0 saturated carbocycles. The van der Waals surface area contributed by atoms with E-state index in [-0.39, 0.29) is 5.60 Å². The molecule has 0 radical (unpaired) electrons. The molecular formula is C16H30N2O2. The first-order chi connectivity index (χ1) is 9.72. The lowest BCUT2D eigenvalue weighted by atomic mass is 9.85. The third kappa shape index (κ3) is 3.03. The average Bonchev–Trinajstić information content (AvgIpc) is 2.94. The summed E-state index contributed by atoms with van der Waals surface area (Å²) in [7, 11) is 2.08. The Morgan fingerprint density at radius 1 is 1.20 bits per heavy atom. The summed E-state index contributed by atoms with van der Waals surface area (Å²) in [5, 5.41) is 3.41. The predicted molar refractivity (Wildman–Crippen MR) is 80.0 cm³/mol. The summed E-state index contributed by atoms with van der Waals surface area (Å²) in [5.74, 6) is 0.847. The van der Waals surface area contributed by atoms with Crippen LogP contribution in [0.25, 0.3) is 0 Å². The Labute approximate surface area is 123 Å². The van der Waals surface area contributed by atoms with E-state index in [0.717, 1.165) is 38.2 Å². The molecule has 1 spiro atoms. The van der Waals surface area contributed by atoms with Crippen LogP contribution in [0.5, 0.6) is 0 Å². The van der Waals surface area contributed by atoms with Crippen LogP contribution in [0.3, 0.4) is 0 Å². The Morgan fingerprint density at radius 3 is 2.65 bits per heavy atom. The minimum absolute atomic E-state index is 0.0536. The second kappa shape index (κ2) is 6.30. The van der Waals surface area contributed by atoms with Crippen molar-refractivity contribution in [3.8, 4) is 0 Å². The van der Waals surface area contributed by atoms with E-state index in [0.29, 0.717) is 6.04 Å². The minimum Gasteiger partial charge on any atom is -0.378 e. The van der Waals surface area contributed by atoms with Crippen LogP contribution in [0.4, 0.5) is 0 Å². The minimum atomic E-state index is 0.0536. The van der Waals surface area contributed by atoms with E-state index in [1.165, 1.54) is 38.8 Å². The highest BCUT2D eigenvalue weighted by molar-refractivity contribution is 4.94. The van der Waals surface area contributed by atoms with Gasteiger partial charge in [0.05, 0.1) is 12.2 Å². The van der Waals surface area contributed by atoms with Crippen LogP contribution in [-0.4, -0.2) is 62.5 Å². The van der Waals surface area contributed by atoms with Crippen LogP contribution in [0.15, 0.2) is 0 Å². The van der Waals surface area contributed by atoms with Gasteiger partial charge in [-0.1, -0.05) is 0 Å². The highest BCUT2D eigenvalue weighted by Gasteiger charge is 2.43. The molecule has 3 fully saturated rings. The van der Waals surface area contributed by atoms with Gasteiger partial charge in [0.1, 0.15) is 0 Å². The van der Waals surface area contributed by atoms with Crippen molar-refractivity contribution in [2.45, 2.75) is 56.7 Å². The van der Waals surface area contributed by atoms with E-state index < -0.39 is 0 Å². The first-order valence-electron chi connectivity index (χ1n) is 8.35. The molecule has 0 amide bonds. The van der Waals surface area contributed by atoms with Gasteiger partial charge in [0.15, 0.2) is 0 Å². The quantitative estimate of drug-likeness (QED) is 0.853. The number of piperidine rings is 1. The molecule has 0 aliphatic carbocycles. The van der Waals surface area contributed by atoms with Gasteiger partial charge in [-0.3, -0.25) is 0 Å². The maximum absolute atomic E-state index is 6.06.